The van der Waals surface area contributed by atoms with Crippen LogP contribution in [0, 0.1) is 0 Å². The van der Waals surface area contributed by atoms with E-state index in [1.54, 1.807) is 37.3 Å². The van der Waals surface area contributed by atoms with E-state index in [1.165, 1.54) is 15.9 Å². The van der Waals surface area contributed by atoms with Crippen LogP contribution in [-0.2, 0) is 14.3 Å². The third kappa shape index (κ3) is 5.44. The fraction of sp³-hybridized carbons (Fsp3) is 0.133. The van der Waals surface area contributed by atoms with E-state index in [-0.39, 0.29) is 17.7 Å². The first-order chi connectivity index (χ1) is 19.0. The van der Waals surface area contributed by atoms with E-state index in [0.717, 1.165) is 11.1 Å². The van der Waals surface area contributed by atoms with Gasteiger partial charge in [-0.3, -0.25) is 9.36 Å². The van der Waals surface area contributed by atoms with E-state index >= 15 is 0 Å². The fourth-order valence-electron chi connectivity index (χ4n) is 4.38. The Morgan fingerprint density at radius 2 is 1.74 bits per heavy atom. The topological polar surface area (TPSA) is 107 Å². The van der Waals surface area contributed by atoms with Crippen LogP contribution >= 0.6 is 11.3 Å². The molecule has 5 rings (SSSR count). The molecule has 196 valence electrons. The van der Waals surface area contributed by atoms with E-state index < -0.39 is 24.6 Å². The van der Waals surface area contributed by atoms with E-state index in [1.807, 2.05) is 60.7 Å². The third-order valence-electron chi connectivity index (χ3n) is 6.01. The molecule has 0 spiro atoms. The molecule has 0 saturated heterocycles. The molecule has 0 radical (unpaired) electrons. The Morgan fingerprint density at radius 1 is 1.03 bits per heavy atom. The van der Waals surface area contributed by atoms with Crippen LogP contribution < -0.4 is 19.6 Å². The summed E-state index contributed by atoms with van der Waals surface area (Å²) in [4.78, 5) is 43.4. The van der Waals surface area contributed by atoms with Gasteiger partial charge in [0.25, 0.3) is 5.56 Å². The molecule has 0 bridgehead atoms. The van der Waals surface area contributed by atoms with Gasteiger partial charge in [0.05, 0.1) is 28.5 Å². The number of nitrogens with zero attached hydrogens (tertiary/aromatic N) is 2. The molecule has 2 heterocycles. The summed E-state index contributed by atoms with van der Waals surface area (Å²) in [5.41, 5.74) is 2.59. The number of benzene rings is 3. The van der Waals surface area contributed by atoms with Crippen LogP contribution in [0.3, 0.4) is 0 Å². The van der Waals surface area contributed by atoms with Crippen molar-refractivity contribution in [2.24, 2.45) is 4.99 Å². The highest BCUT2D eigenvalue weighted by atomic mass is 32.1. The Labute approximate surface area is 227 Å². The zero-order valence-corrected chi connectivity index (χ0v) is 21.8. The van der Waals surface area contributed by atoms with Crippen molar-refractivity contribution in [3.05, 3.63) is 127 Å². The number of carboxylic acid groups (broad SMARTS) is 1. The minimum atomic E-state index is -1.08. The van der Waals surface area contributed by atoms with Crippen LogP contribution in [0.2, 0.25) is 0 Å². The second-order valence-corrected chi connectivity index (χ2v) is 9.61. The quantitative estimate of drug-likeness (QED) is 0.344. The van der Waals surface area contributed by atoms with Gasteiger partial charge in [0.2, 0.25) is 0 Å². The maximum atomic E-state index is 13.9. The van der Waals surface area contributed by atoms with Crippen LogP contribution in [0.25, 0.3) is 11.8 Å². The fourth-order valence-corrected chi connectivity index (χ4v) is 5.38. The van der Waals surface area contributed by atoms with Gasteiger partial charge in [-0.1, -0.05) is 84.1 Å². The van der Waals surface area contributed by atoms with Gasteiger partial charge in [0.1, 0.15) is 5.75 Å². The molecule has 1 aliphatic rings. The highest BCUT2D eigenvalue weighted by Crippen LogP contribution is 2.35. The standard InChI is InChI=1S/C30H24N2O6S/c1-2-37-29(36)25-26(20-11-5-3-6-12-20)31-30-32(27(25)21-13-7-4-8-14-21)28(35)23(39-30)17-19-10-9-15-22(16-19)38-18-24(33)34/h3-17,27H,2,18H2,1H3,(H,33,34)/b23-17+/t27-/m0/s1. The molecule has 1 atom stereocenters. The van der Waals surface area contributed by atoms with Crippen molar-refractivity contribution >= 4 is 35.0 Å². The minimum Gasteiger partial charge on any atom is -0.482 e. The van der Waals surface area contributed by atoms with Crippen LogP contribution in [0.1, 0.15) is 29.7 Å². The monoisotopic (exact) mass is 540 g/mol. The summed E-state index contributed by atoms with van der Waals surface area (Å²) in [5.74, 6) is -1.25. The third-order valence-corrected chi connectivity index (χ3v) is 6.99. The van der Waals surface area contributed by atoms with E-state index in [9.17, 15) is 14.4 Å². The number of aromatic nitrogens is 1. The molecule has 4 aromatic rings. The van der Waals surface area contributed by atoms with Crippen molar-refractivity contribution in [3.8, 4) is 5.75 Å². The van der Waals surface area contributed by atoms with E-state index in [0.29, 0.717) is 26.3 Å². The molecule has 1 aromatic heterocycles. The first-order valence-electron chi connectivity index (χ1n) is 12.2. The van der Waals surface area contributed by atoms with Crippen molar-refractivity contribution in [3.63, 3.8) is 0 Å². The molecule has 0 aliphatic carbocycles. The van der Waals surface area contributed by atoms with Gasteiger partial charge in [0.15, 0.2) is 11.4 Å². The van der Waals surface area contributed by atoms with Gasteiger partial charge >= 0.3 is 11.9 Å². The lowest BCUT2D eigenvalue weighted by molar-refractivity contribution is -0.140. The number of carboxylic acids is 1. The maximum absolute atomic E-state index is 13.9. The summed E-state index contributed by atoms with van der Waals surface area (Å²) in [6.45, 7) is 1.44. The lowest BCUT2D eigenvalue weighted by Crippen LogP contribution is -2.39. The molecule has 39 heavy (non-hydrogen) atoms. The first-order valence-corrected chi connectivity index (χ1v) is 13.1. The van der Waals surface area contributed by atoms with Crippen molar-refractivity contribution < 1.29 is 24.2 Å². The lowest BCUT2D eigenvalue weighted by Gasteiger charge is -2.25. The number of fused-ring (bicyclic) bond motifs is 1. The van der Waals surface area contributed by atoms with E-state index in [4.69, 9.17) is 19.6 Å². The normalized spacial score (nSPS) is 14.9. The number of hydrogen-bond acceptors (Lipinski definition) is 7. The van der Waals surface area contributed by atoms with Gasteiger partial charge in [-0.25, -0.2) is 14.6 Å². The SMILES string of the molecule is CCOC(=O)C1=C(c2ccccc2)N=c2s/c(=C/c3cccc(OCC(=O)O)c3)c(=O)n2[C@H]1c1ccccc1. The number of hydrogen-bond donors (Lipinski definition) is 1. The van der Waals surface area contributed by atoms with Gasteiger partial charge < -0.3 is 14.6 Å². The van der Waals surface area contributed by atoms with Gasteiger partial charge in [-0.05, 0) is 36.3 Å². The number of ether oxygens (including phenoxy) is 2. The number of rotatable bonds is 8. The molecular formula is C30H24N2O6S. The Balaban J connectivity index is 1.73. The Bertz CT molecular complexity index is 1740. The molecule has 0 unspecified atom stereocenters. The Morgan fingerprint density at radius 3 is 2.44 bits per heavy atom. The lowest BCUT2D eigenvalue weighted by atomic mass is 9.93. The largest absolute Gasteiger partial charge is 0.482 e. The highest BCUT2D eigenvalue weighted by molar-refractivity contribution is 7.07. The number of thiazole rings is 1. The minimum absolute atomic E-state index is 0.177. The van der Waals surface area contributed by atoms with Crippen molar-refractivity contribution in [1.29, 1.82) is 0 Å². The van der Waals surface area contributed by atoms with Gasteiger partial charge in [0, 0.05) is 5.56 Å². The Kier molecular flexibility index (Phi) is 7.51. The molecular weight excluding hydrogens is 516 g/mol. The van der Waals surface area contributed by atoms with Crippen molar-refractivity contribution in [2.45, 2.75) is 13.0 Å². The maximum Gasteiger partial charge on any atom is 0.341 e. The van der Waals surface area contributed by atoms with Crippen LogP contribution in [0.15, 0.2) is 100 Å². The van der Waals surface area contributed by atoms with E-state index in [2.05, 4.69) is 0 Å². The summed E-state index contributed by atoms with van der Waals surface area (Å²) in [6, 6.07) is 24.8. The van der Waals surface area contributed by atoms with Crippen molar-refractivity contribution in [1.82, 2.24) is 4.57 Å². The molecule has 0 saturated carbocycles. The van der Waals surface area contributed by atoms with Crippen LogP contribution in [-0.4, -0.2) is 34.8 Å². The number of carbonyl (C=O) groups excluding carboxylic acids is 1. The zero-order chi connectivity index (χ0) is 27.4. The molecule has 9 heteroatoms. The summed E-state index contributed by atoms with van der Waals surface area (Å²) in [5, 5.41) is 8.90. The van der Waals surface area contributed by atoms with Crippen LogP contribution in [0.4, 0.5) is 0 Å². The first kappa shape index (κ1) is 25.9. The number of esters is 1. The number of carbonyl (C=O) groups is 2. The zero-order valence-electron chi connectivity index (χ0n) is 20.9. The molecule has 0 amide bonds. The summed E-state index contributed by atoms with van der Waals surface area (Å²) in [7, 11) is 0. The molecule has 1 N–H and O–H groups in total. The smallest absolute Gasteiger partial charge is 0.341 e. The predicted molar refractivity (Wildman–Crippen MR) is 147 cm³/mol. The van der Waals surface area contributed by atoms with Crippen LogP contribution in [0.5, 0.6) is 5.75 Å². The second kappa shape index (κ2) is 11.3. The molecule has 0 fully saturated rings. The highest BCUT2D eigenvalue weighted by Gasteiger charge is 2.35. The summed E-state index contributed by atoms with van der Waals surface area (Å²) >= 11 is 1.21. The molecule has 8 nitrogen and oxygen atoms in total. The number of aliphatic carboxylic acids is 1. The second-order valence-electron chi connectivity index (χ2n) is 8.60. The summed E-state index contributed by atoms with van der Waals surface area (Å²) < 4.78 is 12.7. The predicted octanol–water partition coefficient (Wildman–Crippen LogP) is 3.40. The molecule has 3 aromatic carbocycles. The van der Waals surface area contributed by atoms with Gasteiger partial charge in [-0.15, -0.1) is 0 Å². The average molecular weight is 541 g/mol. The van der Waals surface area contributed by atoms with Gasteiger partial charge in [-0.2, -0.15) is 0 Å². The Hall–Kier alpha value is -4.76. The van der Waals surface area contributed by atoms with Crippen molar-refractivity contribution in [2.75, 3.05) is 13.2 Å². The summed E-state index contributed by atoms with van der Waals surface area (Å²) in [6.07, 6.45) is 1.70. The molecule has 1 aliphatic heterocycles. The average Bonchev–Trinajstić information content (AvgIpc) is 3.26.